The van der Waals surface area contributed by atoms with Crippen LogP contribution in [0.2, 0.25) is 0 Å². The monoisotopic (exact) mass is 396 g/mol. The predicted octanol–water partition coefficient (Wildman–Crippen LogP) is 1.28. The molecule has 2 N–H and O–H groups in total. The highest BCUT2D eigenvalue weighted by atomic mass is 16.5. The molecule has 0 aliphatic heterocycles. The molecule has 7 heteroatoms. The molecule has 1 aromatic rings. The maximum atomic E-state index is 12.7. The van der Waals surface area contributed by atoms with Crippen LogP contribution in [0.4, 0.5) is 0 Å². The second kappa shape index (κ2) is 13.3. The Morgan fingerprint density at radius 1 is 1.29 bits per heavy atom. The van der Waals surface area contributed by atoms with Crippen molar-refractivity contribution in [1.82, 2.24) is 10.2 Å². The lowest BCUT2D eigenvalue weighted by Crippen LogP contribution is -3.11. The van der Waals surface area contributed by atoms with Gasteiger partial charge < -0.3 is 24.3 Å². The van der Waals surface area contributed by atoms with Gasteiger partial charge >= 0.3 is 0 Å². The number of furan rings is 1. The molecule has 1 atom stereocenters. The van der Waals surface area contributed by atoms with E-state index in [2.05, 4.69) is 19.2 Å². The summed E-state index contributed by atoms with van der Waals surface area (Å²) in [4.78, 5) is 28.3. The summed E-state index contributed by atoms with van der Waals surface area (Å²) < 4.78 is 10.3. The number of hydrogen-bond donors (Lipinski definition) is 2. The van der Waals surface area contributed by atoms with E-state index >= 15 is 0 Å². The van der Waals surface area contributed by atoms with Crippen LogP contribution in [0.3, 0.4) is 0 Å². The van der Waals surface area contributed by atoms with Crippen LogP contribution in [0.25, 0.3) is 0 Å². The first-order valence-electron chi connectivity index (χ1n) is 10.4. The number of amides is 2. The summed E-state index contributed by atoms with van der Waals surface area (Å²) in [7, 11) is 1.60. The molecule has 2 amide bonds. The molecule has 0 aliphatic rings. The lowest BCUT2D eigenvalue weighted by atomic mass is 10.1. The molecule has 160 valence electrons. The SMILES string of the molecule is CC[NH+](CC)CCC[C@H](C)NC(=O)CCN(CCOC)C(=O)c1ccoc1C. The molecule has 0 saturated heterocycles. The Morgan fingerprint density at radius 2 is 2.00 bits per heavy atom. The van der Waals surface area contributed by atoms with E-state index in [0.717, 1.165) is 32.5 Å². The number of nitrogens with one attached hydrogen (secondary N) is 2. The van der Waals surface area contributed by atoms with E-state index in [1.54, 1.807) is 29.9 Å². The first-order valence-corrected chi connectivity index (χ1v) is 10.4. The molecule has 7 nitrogen and oxygen atoms in total. The molecule has 0 bridgehead atoms. The Hall–Kier alpha value is -1.86. The van der Waals surface area contributed by atoms with Crippen LogP contribution in [-0.4, -0.2) is 69.2 Å². The van der Waals surface area contributed by atoms with E-state index in [0.29, 0.717) is 31.0 Å². The largest absolute Gasteiger partial charge is 0.469 e. The second-order valence-electron chi connectivity index (χ2n) is 7.24. The van der Waals surface area contributed by atoms with Crippen molar-refractivity contribution in [3.05, 3.63) is 23.7 Å². The van der Waals surface area contributed by atoms with Gasteiger partial charge in [0.15, 0.2) is 0 Å². The summed E-state index contributed by atoms with van der Waals surface area (Å²) in [5, 5.41) is 3.05. The molecule has 0 aliphatic carbocycles. The normalized spacial score (nSPS) is 12.2. The summed E-state index contributed by atoms with van der Waals surface area (Å²) in [6, 6.07) is 1.80. The van der Waals surface area contributed by atoms with Gasteiger partial charge in [-0.1, -0.05) is 0 Å². The Balaban J connectivity index is 2.45. The number of rotatable bonds is 14. The van der Waals surface area contributed by atoms with Gasteiger partial charge in [0.2, 0.25) is 5.91 Å². The standard InChI is InChI=1S/C21H37N3O4/c1-6-23(7-2)12-8-9-17(3)22-20(25)10-13-24(14-16-27-5)21(26)19-11-15-28-18(19)4/h11,15,17H,6-10,12-14,16H2,1-5H3,(H,22,25)/p+1/t17-/m0/s1. The Morgan fingerprint density at radius 3 is 2.57 bits per heavy atom. The van der Waals surface area contributed by atoms with Crippen molar-refractivity contribution < 1.29 is 23.6 Å². The smallest absolute Gasteiger partial charge is 0.257 e. The van der Waals surface area contributed by atoms with Crippen LogP contribution >= 0.6 is 0 Å². The van der Waals surface area contributed by atoms with Gasteiger partial charge in [0.05, 0.1) is 38.1 Å². The molecule has 0 unspecified atom stereocenters. The molecule has 0 saturated carbocycles. The first kappa shape index (κ1) is 24.2. The fourth-order valence-electron chi connectivity index (χ4n) is 3.21. The Kier molecular flexibility index (Phi) is 11.5. The molecule has 0 fully saturated rings. The van der Waals surface area contributed by atoms with Crippen LogP contribution in [0.15, 0.2) is 16.7 Å². The number of nitrogens with zero attached hydrogens (tertiary/aromatic N) is 1. The maximum Gasteiger partial charge on any atom is 0.257 e. The van der Waals surface area contributed by atoms with E-state index in [4.69, 9.17) is 9.15 Å². The average molecular weight is 397 g/mol. The van der Waals surface area contributed by atoms with E-state index < -0.39 is 0 Å². The molecule has 1 rings (SSSR count). The highest BCUT2D eigenvalue weighted by molar-refractivity contribution is 5.95. The fourth-order valence-corrected chi connectivity index (χ4v) is 3.21. The topological polar surface area (TPSA) is 76.2 Å². The van der Waals surface area contributed by atoms with E-state index in [1.165, 1.54) is 6.26 Å². The molecule has 0 aromatic carbocycles. The summed E-state index contributed by atoms with van der Waals surface area (Å²) in [5.41, 5.74) is 0.531. The molecule has 28 heavy (non-hydrogen) atoms. The third-order valence-electron chi connectivity index (χ3n) is 5.13. The Bertz CT molecular complexity index is 584. The van der Waals surface area contributed by atoms with E-state index in [9.17, 15) is 9.59 Å². The van der Waals surface area contributed by atoms with Crippen molar-refractivity contribution in [2.24, 2.45) is 0 Å². The van der Waals surface area contributed by atoms with Gasteiger partial charge in [-0.15, -0.1) is 0 Å². The van der Waals surface area contributed by atoms with E-state index in [-0.39, 0.29) is 24.3 Å². The van der Waals surface area contributed by atoms with Crippen LogP contribution in [0.5, 0.6) is 0 Å². The zero-order valence-corrected chi connectivity index (χ0v) is 18.2. The van der Waals surface area contributed by atoms with Gasteiger partial charge in [0.1, 0.15) is 5.76 Å². The van der Waals surface area contributed by atoms with Crippen molar-refractivity contribution in [3.63, 3.8) is 0 Å². The van der Waals surface area contributed by atoms with Crippen molar-refractivity contribution >= 4 is 11.8 Å². The maximum absolute atomic E-state index is 12.7. The first-order chi connectivity index (χ1) is 13.4. The average Bonchev–Trinajstić information content (AvgIpc) is 3.10. The minimum atomic E-state index is -0.133. The van der Waals surface area contributed by atoms with Crippen LogP contribution in [0, 0.1) is 6.92 Å². The van der Waals surface area contributed by atoms with Crippen LogP contribution < -0.4 is 10.2 Å². The van der Waals surface area contributed by atoms with Gasteiger partial charge in [0, 0.05) is 32.7 Å². The minimum Gasteiger partial charge on any atom is -0.469 e. The number of ether oxygens (including phenoxy) is 1. The van der Waals surface area contributed by atoms with Crippen LogP contribution in [0.1, 0.15) is 56.2 Å². The highest BCUT2D eigenvalue weighted by Gasteiger charge is 2.20. The third kappa shape index (κ3) is 8.44. The molecular weight excluding hydrogens is 358 g/mol. The van der Waals surface area contributed by atoms with Gasteiger partial charge in [-0.05, 0) is 46.6 Å². The summed E-state index contributed by atoms with van der Waals surface area (Å²) >= 11 is 0. The Labute approximate surface area is 169 Å². The summed E-state index contributed by atoms with van der Waals surface area (Å²) in [6.45, 7) is 12.8. The van der Waals surface area contributed by atoms with Gasteiger partial charge in [0.25, 0.3) is 5.91 Å². The van der Waals surface area contributed by atoms with Gasteiger partial charge in [-0.2, -0.15) is 0 Å². The van der Waals surface area contributed by atoms with Gasteiger partial charge in [-0.25, -0.2) is 0 Å². The number of quaternary nitrogens is 1. The number of aryl methyl sites for hydroxylation is 1. The molecule has 1 aromatic heterocycles. The van der Waals surface area contributed by atoms with Crippen LogP contribution in [-0.2, 0) is 9.53 Å². The van der Waals surface area contributed by atoms with Gasteiger partial charge in [-0.3, -0.25) is 9.59 Å². The van der Waals surface area contributed by atoms with Crippen molar-refractivity contribution in [1.29, 1.82) is 0 Å². The third-order valence-corrected chi connectivity index (χ3v) is 5.13. The molecule has 0 spiro atoms. The lowest BCUT2D eigenvalue weighted by molar-refractivity contribution is -0.896. The quantitative estimate of drug-likeness (QED) is 0.497. The predicted molar refractivity (Wildman–Crippen MR) is 110 cm³/mol. The van der Waals surface area contributed by atoms with Crippen molar-refractivity contribution in [2.45, 2.75) is 53.0 Å². The van der Waals surface area contributed by atoms with Crippen molar-refractivity contribution in [3.8, 4) is 0 Å². The zero-order valence-electron chi connectivity index (χ0n) is 18.2. The summed E-state index contributed by atoms with van der Waals surface area (Å²) in [5.74, 6) is 0.425. The number of hydrogen-bond acceptors (Lipinski definition) is 4. The minimum absolute atomic E-state index is 0.0261. The summed E-state index contributed by atoms with van der Waals surface area (Å²) in [6.07, 6.45) is 3.84. The molecule has 1 heterocycles. The molecule has 0 radical (unpaired) electrons. The zero-order chi connectivity index (χ0) is 20.9. The lowest BCUT2D eigenvalue weighted by Gasteiger charge is -2.23. The highest BCUT2D eigenvalue weighted by Crippen LogP contribution is 2.12. The fraction of sp³-hybridized carbons (Fsp3) is 0.714. The molecular formula is C21H38N3O4+. The van der Waals surface area contributed by atoms with Crippen molar-refractivity contribution in [2.75, 3.05) is 46.4 Å². The number of carbonyl (C=O) groups is 2. The number of carbonyl (C=O) groups excluding carboxylic acids is 2. The number of methoxy groups -OCH3 is 1. The van der Waals surface area contributed by atoms with E-state index in [1.807, 2.05) is 6.92 Å². The second-order valence-corrected chi connectivity index (χ2v) is 7.24.